The maximum Gasteiger partial charge on any atom is 0.339 e. The summed E-state index contributed by atoms with van der Waals surface area (Å²) in [5, 5.41) is 0. The van der Waals surface area contributed by atoms with Gasteiger partial charge >= 0.3 is 11.9 Å². The molecular weight excluding hydrogens is 504 g/mol. The van der Waals surface area contributed by atoms with E-state index in [1.54, 1.807) is 48.5 Å². The molecule has 6 rings (SSSR count). The van der Waals surface area contributed by atoms with E-state index in [1.807, 2.05) is 26.0 Å². The number of allylic oxidation sites excluding steroid dienone is 1. The van der Waals surface area contributed by atoms with Crippen molar-refractivity contribution in [3.63, 3.8) is 0 Å². The number of carbonyl (C=O) groups is 3. The summed E-state index contributed by atoms with van der Waals surface area (Å²) >= 11 is 0. The van der Waals surface area contributed by atoms with E-state index in [-0.39, 0.29) is 35.6 Å². The van der Waals surface area contributed by atoms with Gasteiger partial charge in [-0.25, -0.2) is 9.59 Å². The predicted octanol–water partition coefficient (Wildman–Crippen LogP) is 6.20. The summed E-state index contributed by atoms with van der Waals surface area (Å²) < 4.78 is 19.0. The molecule has 6 heteroatoms. The number of ketones is 1. The molecule has 40 heavy (non-hydrogen) atoms. The van der Waals surface area contributed by atoms with Gasteiger partial charge in [-0.15, -0.1) is 0 Å². The average Bonchev–Trinajstić information content (AvgIpc) is 3.71. The highest BCUT2D eigenvalue weighted by Crippen LogP contribution is 2.65. The number of hydrogen-bond donors (Lipinski definition) is 0. The second-order valence-corrected chi connectivity index (χ2v) is 13.1. The minimum absolute atomic E-state index is 0.103. The normalized spacial score (nSPS) is 38.8. The Morgan fingerprint density at radius 3 is 2.15 bits per heavy atom. The lowest BCUT2D eigenvalue weighted by Crippen LogP contribution is -2.52. The first-order valence-corrected chi connectivity index (χ1v) is 14.4. The molecule has 2 aromatic carbocycles. The summed E-state index contributed by atoms with van der Waals surface area (Å²) in [7, 11) is 0. The third-order valence-electron chi connectivity index (χ3n) is 10.1. The quantitative estimate of drug-likeness (QED) is 0.338. The molecular formula is C34H38O6. The van der Waals surface area contributed by atoms with Gasteiger partial charge in [0.15, 0.2) is 5.60 Å². The van der Waals surface area contributed by atoms with Gasteiger partial charge in [-0.3, -0.25) is 4.79 Å². The Morgan fingerprint density at radius 1 is 0.925 bits per heavy atom. The molecule has 0 radical (unpaired) electrons. The summed E-state index contributed by atoms with van der Waals surface area (Å²) in [6, 6.07) is 17.6. The molecule has 4 aliphatic rings. The van der Waals surface area contributed by atoms with E-state index in [9.17, 15) is 14.4 Å². The molecule has 2 aromatic rings. The van der Waals surface area contributed by atoms with Crippen LogP contribution in [0.15, 0.2) is 72.3 Å². The van der Waals surface area contributed by atoms with Crippen molar-refractivity contribution >= 4 is 17.7 Å². The highest BCUT2D eigenvalue weighted by molar-refractivity contribution is 6.04. The van der Waals surface area contributed by atoms with Crippen LogP contribution < -0.4 is 0 Å². The number of Topliss-reactive ketones (excluding diaryl/α,β-unsaturated/α-hetero) is 1. The molecule has 0 aromatic heterocycles. The molecule has 8 atom stereocenters. The van der Waals surface area contributed by atoms with E-state index in [2.05, 4.69) is 26.8 Å². The van der Waals surface area contributed by atoms with Crippen molar-refractivity contribution in [3.8, 4) is 0 Å². The highest BCUT2D eigenvalue weighted by atomic mass is 16.6. The van der Waals surface area contributed by atoms with Crippen LogP contribution in [0.25, 0.3) is 0 Å². The van der Waals surface area contributed by atoms with Gasteiger partial charge in [0.2, 0.25) is 5.78 Å². The van der Waals surface area contributed by atoms with Crippen LogP contribution in [0.3, 0.4) is 0 Å². The molecule has 0 amide bonds. The number of fused-ring (bicyclic) bond motifs is 4. The molecule has 1 saturated heterocycles. The fraction of sp³-hybridized carbons (Fsp3) is 0.500. The zero-order valence-electron chi connectivity index (χ0n) is 23.9. The van der Waals surface area contributed by atoms with Gasteiger partial charge < -0.3 is 14.2 Å². The van der Waals surface area contributed by atoms with Crippen molar-refractivity contribution < 1.29 is 28.6 Å². The molecule has 0 unspecified atom stereocenters. The first kappa shape index (κ1) is 26.9. The van der Waals surface area contributed by atoms with Crippen LogP contribution in [-0.2, 0) is 19.0 Å². The number of ether oxygens (including phenoxy) is 3. The SMILES string of the molecule is C/C1=C/[C@H]2[C@H](CC[C@@]3(C)O[C@@H]3[C@H]3[C@@H](OC(=O)c4ccccc4)[C@@H](C)C[C@]3(OC(=O)c3ccccc3)C1=O)C2(C)C. The Hall–Kier alpha value is -3.25. The largest absolute Gasteiger partial charge is 0.458 e. The third-order valence-corrected chi connectivity index (χ3v) is 10.1. The summed E-state index contributed by atoms with van der Waals surface area (Å²) in [5.74, 6) is -1.36. The molecule has 0 bridgehead atoms. The van der Waals surface area contributed by atoms with Gasteiger partial charge in [0, 0.05) is 6.42 Å². The van der Waals surface area contributed by atoms with E-state index in [1.165, 1.54) is 0 Å². The maximum absolute atomic E-state index is 14.6. The Bertz CT molecular complexity index is 1360. The van der Waals surface area contributed by atoms with Crippen LogP contribution in [0.5, 0.6) is 0 Å². The summed E-state index contributed by atoms with van der Waals surface area (Å²) in [4.78, 5) is 41.5. The zero-order chi connectivity index (χ0) is 28.4. The fourth-order valence-corrected chi connectivity index (χ4v) is 7.62. The number of hydrogen-bond acceptors (Lipinski definition) is 6. The monoisotopic (exact) mass is 542 g/mol. The molecule has 0 N–H and O–H groups in total. The van der Waals surface area contributed by atoms with Crippen LogP contribution in [-0.4, -0.2) is 41.1 Å². The van der Waals surface area contributed by atoms with Gasteiger partial charge in [0.05, 0.1) is 28.7 Å². The Balaban J connectivity index is 1.44. The summed E-state index contributed by atoms with van der Waals surface area (Å²) in [5.41, 5.74) is -0.494. The van der Waals surface area contributed by atoms with Gasteiger partial charge in [-0.1, -0.05) is 63.2 Å². The van der Waals surface area contributed by atoms with E-state index in [0.717, 1.165) is 12.8 Å². The Kier molecular flexibility index (Phi) is 6.34. The summed E-state index contributed by atoms with van der Waals surface area (Å²) in [6.07, 6.45) is 3.11. The fourth-order valence-electron chi connectivity index (χ4n) is 7.62. The Labute approximate surface area is 236 Å². The lowest BCUT2D eigenvalue weighted by atomic mass is 9.77. The van der Waals surface area contributed by atoms with Crippen LogP contribution in [0.1, 0.15) is 74.6 Å². The number of carbonyl (C=O) groups excluding carboxylic acids is 3. The minimum atomic E-state index is -1.52. The molecule has 210 valence electrons. The standard InChI is InChI=1S/C34H38O6/c1-20-18-25-24(32(25,3)4)16-17-33(5)29(39-33)26-27(38-30(36)22-12-8-6-9-13-22)21(2)19-34(26,28(20)35)40-31(37)23-14-10-7-11-15-23/h6-15,18,21,24-27,29H,16-17,19H2,1-5H3/b20-18-/t21-,24-,25-,26+,27-,29+,33+,34+/m0/s1. The van der Waals surface area contributed by atoms with Crippen molar-refractivity contribution in [1.29, 1.82) is 0 Å². The number of benzene rings is 2. The predicted molar refractivity (Wildman–Crippen MR) is 150 cm³/mol. The van der Waals surface area contributed by atoms with E-state index in [4.69, 9.17) is 14.2 Å². The zero-order valence-corrected chi connectivity index (χ0v) is 23.9. The highest BCUT2D eigenvalue weighted by Gasteiger charge is 2.72. The second kappa shape index (κ2) is 9.41. The van der Waals surface area contributed by atoms with Crippen LogP contribution in [0.2, 0.25) is 0 Å². The average molecular weight is 543 g/mol. The van der Waals surface area contributed by atoms with Crippen LogP contribution in [0, 0.1) is 29.1 Å². The minimum Gasteiger partial charge on any atom is -0.458 e. The molecule has 3 fully saturated rings. The first-order chi connectivity index (χ1) is 19.0. The number of rotatable bonds is 4. The van der Waals surface area contributed by atoms with E-state index >= 15 is 0 Å². The van der Waals surface area contributed by atoms with Gasteiger partial charge in [-0.2, -0.15) is 0 Å². The molecule has 6 nitrogen and oxygen atoms in total. The first-order valence-electron chi connectivity index (χ1n) is 14.4. The van der Waals surface area contributed by atoms with Crippen LogP contribution >= 0.6 is 0 Å². The maximum atomic E-state index is 14.6. The molecule has 3 aliphatic carbocycles. The van der Waals surface area contributed by atoms with Crippen molar-refractivity contribution in [2.45, 2.75) is 77.3 Å². The van der Waals surface area contributed by atoms with Crippen molar-refractivity contribution in [2.24, 2.45) is 29.1 Å². The van der Waals surface area contributed by atoms with Crippen LogP contribution in [0.4, 0.5) is 0 Å². The lowest BCUT2D eigenvalue weighted by Gasteiger charge is -2.35. The lowest BCUT2D eigenvalue weighted by molar-refractivity contribution is -0.142. The molecule has 0 spiro atoms. The second-order valence-electron chi connectivity index (χ2n) is 13.1. The smallest absolute Gasteiger partial charge is 0.339 e. The number of esters is 2. The van der Waals surface area contributed by atoms with Gasteiger partial charge in [0.25, 0.3) is 0 Å². The molecule has 1 aliphatic heterocycles. The van der Waals surface area contributed by atoms with E-state index < -0.39 is 35.2 Å². The third kappa shape index (κ3) is 4.32. The van der Waals surface area contributed by atoms with Gasteiger partial charge in [0.1, 0.15) is 6.10 Å². The Morgan fingerprint density at radius 2 is 1.52 bits per heavy atom. The van der Waals surface area contributed by atoms with E-state index in [0.29, 0.717) is 22.6 Å². The topological polar surface area (TPSA) is 82.2 Å². The van der Waals surface area contributed by atoms with Gasteiger partial charge in [-0.05, 0) is 79.7 Å². The summed E-state index contributed by atoms with van der Waals surface area (Å²) in [6.45, 7) is 10.4. The van der Waals surface area contributed by atoms with Crippen molar-refractivity contribution in [3.05, 3.63) is 83.4 Å². The molecule has 2 saturated carbocycles. The molecule has 1 heterocycles. The van der Waals surface area contributed by atoms with Crippen molar-refractivity contribution in [2.75, 3.05) is 0 Å². The van der Waals surface area contributed by atoms with Crippen molar-refractivity contribution in [1.82, 2.24) is 0 Å². The number of epoxide rings is 1.